The first-order valence-corrected chi connectivity index (χ1v) is 7.94. The molecule has 0 saturated heterocycles. The molecule has 0 aliphatic rings. The van der Waals surface area contributed by atoms with Gasteiger partial charge in [0.25, 0.3) is 5.91 Å². The van der Waals surface area contributed by atoms with E-state index in [0.717, 1.165) is 22.4 Å². The van der Waals surface area contributed by atoms with Gasteiger partial charge in [0.05, 0.1) is 5.71 Å². The molecule has 1 aromatic heterocycles. The molecule has 0 saturated carbocycles. The number of hydrazone groups is 1. The molecule has 1 aromatic carbocycles. The van der Waals surface area contributed by atoms with Crippen LogP contribution in [0.5, 0.6) is 5.75 Å². The highest BCUT2D eigenvalue weighted by Crippen LogP contribution is 2.27. The maximum Gasteiger partial charge on any atom is 0.277 e. The van der Waals surface area contributed by atoms with Gasteiger partial charge in [0.1, 0.15) is 5.75 Å². The Kier molecular flexibility index (Phi) is 6.07. The summed E-state index contributed by atoms with van der Waals surface area (Å²) in [7, 11) is 0. The number of carbonyl (C=O) groups excluding carboxylic acids is 1. The maximum absolute atomic E-state index is 12.0. The largest absolute Gasteiger partial charge is 0.483 e. The first-order valence-electron chi connectivity index (χ1n) is 7.94. The number of hydrogen-bond acceptors (Lipinski definition) is 4. The van der Waals surface area contributed by atoms with Crippen LogP contribution in [-0.2, 0) is 4.79 Å². The van der Waals surface area contributed by atoms with Crippen LogP contribution in [0.15, 0.2) is 47.8 Å². The number of rotatable bonds is 6. The Morgan fingerprint density at radius 2 is 2.12 bits per heavy atom. The van der Waals surface area contributed by atoms with Gasteiger partial charge >= 0.3 is 0 Å². The van der Waals surface area contributed by atoms with E-state index in [-0.39, 0.29) is 12.5 Å². The van der Waals surface area contributed by atoms with E-state index in [1.54, 1.807) is 12.4 Å². The summed E-state index contributed by atoms with van der Waals surface area (Å²) < 4.78 is 5.69. The highest BCUT2D eigenvalue weighted by Gasteiger charge is 2.10. The van der Waals surface area contributed by atoms with E-state index in [1.165, 1.54) is 0 Å². The average molecular weight is 325 g/mol. The Morgan fingerprint density at radius 3 is 2.79 bits per heavy atom. The molecule has 0 unspecified atom stereocenters. The van der Waals surface area contributed by atoms with Crippen molar-refractivity contribution in [3.05, 3.63) is 59.4 Å². The molecule has 2 rings (SSSR count). The lowest BCUT2D eigenvalue weighted by Crippen LogP contribution is -2.26. The van der Waals surface area contributed by atoms with Crippen molar-refractivity contribution in [2.24, 2.45) is 5.10 Å². The van der Waals surface area contributed by atoms with Crippen molar-refractivity contribution in [1.82, 2.24) is 10.4 Å². The Hall–Kier alpha value is -2.69. The Balaban J connectivity index is 1.95. The highest BCUT2D eigenvalue weighted by atomic mass is 16.5. The monoisotopic (exact) mass is 325 g/mol. The van der Waals surface area contributed by atoms with E-state index in [9.17, 15) is 4.79 Å². The fraction of sp³-hybridized carbons (Fsp3) is 0.316. The SMILES string of the molecule is CC(=NNC(=O)COc1cc(C)ccc1C(C)C)c1cccnc1. The van der Waals surface area contributed by atoms with E-state index in [0.29, 0.717) is 11.6 Å². The van der Waals surface area contributed by atoms with Crippen molar-refractivity contribution in [3.63, 3.8) is 0 Å². The van der Waals surface area contributed by atoms with Crippen LogP contribution in [0.2, 0.25) is 0 Å². The van der Waals surface area contributed by atoms with E-state index in [4.69, 9.17) is 4.74 Å². The lowest BCUT2D eigenvalue weighted by molar-refractivity contribution is -0.123. The third-order valence-corrected chi connectivity index (χ3v) is 3.58. The van der Waals surface area contributed by atoms with Gasteiger partial charge in [-0.1, -0.05) is 32.0 Å². The third-order valence-electron chi connectivity index (χ3n) is 3.58. The number of ether oxygens (including phenoxy) is 1. The summed E-state index contributed by atoms with van der Waals surface area (Å²) in [5.41, 5.74) is 6.25. The molecule has 0 fully saturated rings. The zero-order valence-electron chi connectivity index (χ0n) is 14.5. The molecule has 1 N–H and O–H groups in total. The Morgan fingerprint density at radius 1 is 1.33 bits per heavy atom. The predicted octanol–water partition coefficient (Wildman–Crippen LogP) is 3.43. The molecule has 2 aromatic rings. The molecular weight excluding hydrogens is 302 g/mol. The molecule has 24 heavy (non-hydrogen) atoms. The van der Waals surface area contributed by atoms with Crippen molar-refractivity contribution >= 4 is 11.6 Å². The summed E-state index contributed by atoms with van der Waals surface area (Å²) in [5, 5.41) is 4.08. The van der Waals surface area contributed by atoms with Gasteiger partial charge in [-0.25, -0.2) is 5.43 Å². The number of carbonyl (C=O) groups is 1. The molecule has 126 valence electrons. The summed E-state index contributed by atoms with van der Waals surface area (Å²) in [6.45, 7) is 7.93. The van der Waals surface area contributed by atoms with Gasteiger partial charge in [-0.05, 0) is 43.0 Å². The molecule has 0 spiro atoms. The van der Waals surface area contributed by atoms with Gasteiger partial charge < -0.3 is 4.74 Å². The maximum atomic E-state index is 12.0. The minimum atomic E-state index is -0.297. The summed E-state index contributed by atoms with van der Waals surface area (Å²) in [5.74, 6) is 0.775. The Bertz CT molecular complexity index is 725. The fourth-order valence-electron chi connectivity index (χ4n) is 2.21. The van der Waals surface area contributed by atoms with Gasteiger partial charge in [-0.2, -0.15) is 5.10 Å². The molecule has 0 aliphatic heterocycles. The summed E-state index contributed by atoms with van der Waals surface area (Å²) in [4.78, 5) is 16.0. The minimum absolute atomic E-state index is 0.0764. The molecule has 0 aliphatic carbocycles. The number of amides is 1. The molecule has 5 heteroatoms. The molecule has 5 nitrogen and oxygen atoms in total. The molecule has 1 heterocycles. The van der Waals surface area contributed by atoms with Gasteiger partial charge in [0, 0.05) is 18.0 Å². The normalized spacial score (nSPS) is 11.5. The smallest absolute Gasteiger partial charge is 0.277 e. The standard InChI is InChI=1S/C19H23N3O2/c1-13(2)17-8-7-14(3)10-18(17)24-12-19(23)22-21-15(4)16-6-5-9-20-11-16/h5-11,13H,12H2,1-4H3,(H,22,23). The summed E-state index contributed by atoms with van der Waals surface area (Å²) in [6, 6.07) is 9.75. The van der Waals surface area contributed by atoms with Crippen molar-refractivity contribution < 1.29 is 9.53 Å². The number of nitrogens with zero attached hydrogens (tertiary/aromatic N) is 2. The van der Waals surface area contributed by atoms with E-state index in [1.807, 2.05) is 44.2 Å². The number of hydrogen-bond donors (Lipinski definition) is 1. The summed E-state index contributed by atoms with van der Waals surface area (Å²) >= 11 is 0. The number of aromatic nitrogens is 1. The molecule has 0 bridgehead atoms. The first kappa shape index (κ1) is 17.7. The van der Waals surface area contributed by atoms with Crippen molar-refractivity contribution in [1.29, 1.82) is 0 Å². The van der Waals surface area contributed by atoms with Gasteiger partial charge in [-0.3, -0.25) is 9.78 Å². The minimum Gasteiger partial charge on any atom is -0.483 e. The second-order valence-electron chi connectivity index (χ2n) is 5.96. The summed E-state index contributed by atoms with van der Waals surface area (Å²) in [6.07, 6.45) is 3.39. The van der Waals surface area contributed by atoms with Crippen LogP contribution in [0.25, 0.3) is 0 Å². The van der Waals surface area contributed by atoms with Crippen LogP contribution >= 0.6 is 0 Å². The van der Waals surface area contributed by atoms with Crippen LogP contribution in [0, 0.1) is 6.92 Å². The quantitative estimate of drug-likeness (QED) is 0.654. The van der Waals surface area contributed by atoms with Crippen LogP contribution in [-0.4, -0.2) is 23.2 Å². The molecule has 1 amide bonds. The average Bonchev–Trinajstić information content (AvgIpc) is 2.58. The van der Waals surface area contributed by atoms with E-state index < -0.39 is 0 Å². The topological polar surface area (TPSA) is 63.6 Å². The predicted molar refractivity (Wildman–Crippen MR) is 95.4 cm³/mol. The van der Waals surface area contributed by atoms with Gasteiger partial charge in [0.15, 0.2) is 6.61 Å². The van der Waals surface area contributed by atoms with Crippen molar-refractivity contribution in [3.8, 4) is 5.75 Å². The van der Waals surface area contributed by atoms with Gasteiger partial charge in [0.2, 0.25) is 0 Å². The van der Waals surface area contributed by atoms with Crippen molar-refractivity contribution in [2.45, 2.75) is 33.6 Å². The number of pyridine rings is 1. The van der Waals surface area contributed by atoms with Crippen LogP contribution in [0.4, 0.5) is 0 Å². The fourth-order valence-corrected chi connectivity index (χ4v) is 2.21. The van der Waals surface area contributed by atoms with Gasteiger partial charge in [-0.15, -0.1) is 0 Å². The van der Waals surface area contributed by atoms with E-state index in [2.05, 4.69) is 29.4 Å². The first-order chi connectivity index (χ1) is 11.5. The van der Waals surface area contributed by atoms with Crippen LogP contribution < -0.4 is 10.2 Å². The molecular formula is C19H23N3O2. The van der Waals surface area contributed by atoms with Crippen molar-refractivity contribution in [2.75, 3.05) is 6.61 Å². The molecule has 0 radical (unpaired) electrons. The van der Waals surface area contributed by atoms with Crippen LogP contribution in [0.3, 0.4) is 0 Å². The third kappa shape index (κ3) is 4.91. The lowest BCUT2D eigenvalue weighted by atomic mass is 10.0. The zero-order valence-corrected chi connectivity index (χ0v) is 14.5. The lowest BCUT2D eigenvalue weighted by Gasteiger charge is -2.14. The highest BCUT2D eigenvalue weighted by molar-refractivity contribution is 5.98. The number of benzene rings is 1. The van der Waals surface area contributed by atoms with Crippen LogP contribution in [0.1, 0.15) is 43.4 Å². The second kappa shape index (κ2) is 8.24. The molecule has 0 atom stereocenters. The number of aryl methyl sites for hydroxylation is 1. The number of nitrogens with one attached hydrogen (secondary N) is 1. The zero-order chi connectivity index (χ0) is 17.5. The second-order valence-corrected chi connectivity index (χ2v) is 5.96. The Labute approximate surface area is 142 Å². The van der Waals surface area contributed by atoms with E-state index >= 15 is 0 Å².